The zero-order valence-electron chi connectivity index (χ0n) is 11.2. The van der Waals surface area contributed by atoms with E-state index in [1.54, 1.807) is 6.07 Å². The van der Waals surface area contributed by atoms with Crippen molar-refractivity contribution >= 4 is 5.69 Å². The van der Waals surface area contributed by atoms with E-state index in [2.05, 4.69) is 15.4 Å². The number of anilines is 1. The molecule has 2 aromatic rings. The second-order valence-corrected chi connectivity index (χ2v) is 5.26. The minimum Gasteiger partial charge on any atom is -0.382 e. The fraction of sp³-hybridized carbons (Fsp3) is 0.429. The zero-order valence-corrected chi connectivity index (χ0v) is 11.2. The molecule has 3 N–H and O–H groups in total. The van der Waals surface area contributed by atoms with Crippen LogP contribution in [0.1, 0.15) is 25.7 Å². The Kier molecular flexibility index (Phi) is 3.64. The van der Waals surface area contributed by atoms with E-state index >= 15 is 0 Å². The van der Waals surface area contributed by atoms with Gasteiger partial charge in [-0.1, -0.05) is 0 Å². The van der Waals surface area contributed by atoms with Crippen molar-refractivity contribution in [3.05, 3.63) is 36.7 Å². The van der Waals surface area contributed by atoms with Gasteiger partial charge >= 0.3 is 0 Å². The van der Waals surface area contributed by atoms with E-state index in [0.29, 0.717) is 17.8 Å². The molecule has 0 amide bonds. The van der Waals surface area contributed by atoms with Gasteiger partial charge in [0.05, 0.1) is 0 Å². The first-order valence-electron chi connectivity index (χ1n) is 6.89. The summed E-state index contributed by atoms with van der Waals surface area (Å²) >= 11 is 0. The summed E-state index contributed by atoms with van der Waals surface area (Å²) < 4.78 is 15.5. The van der Waals surface area contributed by atoms with Crippen LogP contribution in [0.15, 0.2) is 30.9 Å². The molecule has 0 saturated heterocycles. The van der Waals surface area contributed by atoms with Gasteiger partial charge in [0.15, 0.2) is 5.82 Å². The van der Waals surface area contributed by atoms with E-state index < -0.39 is 0 Å². The molecule has 20 heavy (non-hydrogen) atoms. The predicted octanol–water partition coefficient (Wildman–Crippen LogP) is 2.09. The summed E-state index contributed by atoms with van der Waals surface area (Å²) in [6.45, 7) is 0. The maximum atomic E-state index is 14.1. The van der Waals surface area contributed by atoms with Crippen molar-refractivity contribution in [1.29, 1.82) is 0 Å². The number of aromatic nitrogens is 3. The van der Waals surface area contributed by atoms with Crippen molar-refractivity contribution in [1.82, 2.24) is 14.8 Å². The fourth-order valence-corrected chi connectivity index (χ4v) is 2.61. The van der Waals surface area contributed by atoms with Crippen molar-refractivity contribution in [3.8, 4) is 5.69 Å². The minimum absolute atomic E-state index is 0.312. The summed E-state index contributed by atoms with van der Waals surface area (Å²) in [6, 6.07) is 5.78. The van der Waals surface area contributed by atoms with Crippen LogP contribution in [0.25, 0.3) is 5.69 Å². The van der Waals surface area contributed by atoms with Crippen LogP contribution in [0.3, 0.4) is 0 Å². The highest BCUT2D eigenvalue weighted by atomic mass is 19.1. The van der Waals surface area contributed by atoms with E-state index in [4.69, 9.17) is 5.73 Å². The molecule has 1 aromatic carbocycles. The number of nitrogens with zero attached hydrogens (tertiary/aromatic N) is 3. The van der Waals surface area contributed by atoms with E-state index in [1.165, 1.54) is 23.4 Å². The Labute approximate surface area is 117 Å². The molecule has 0 unspecified atom stereocenters. The third-order valence-electron chi connectivity index (χ3n) is 3.76. The van der Waals surface area contributed by atoms with E-state index in [-0.39, 0.29) is 5.82 Å². The Morgan fingerprint density at radius 3 is 2.70 bits per heavy atom. The zero-order chi connectivity index (χ0) is 13.9. The smallest absolute Gasteiger partial charge is 0.150 e. The Hall–Kier alpha value is -1.95. The van der Waals surface area contributed by atoms with Gasteiger partial charge < -0.3 is 11.1 Å². The topological polar surface area (TPSA) is 68.8 Å². The van der Waals surface area contributed by atoms with Gasteiger partial charge in [-0.2, -0.15) is 5.10 Å². The molecule has 0 bridgehead atoms. The molecule has 1 aromatic heterocycles. The average molecular weight is 275 g/mol. The molecular weight excluding hydrogens is 257 g/mol. The van der Waals surface area contributed by atoms with Crippen molar-refractivity contribution in [3.63, 3.8) is 0 Å². The number of hydrogen-bond acceptors (Lipinski definition) is 4. The van der Waals surface area contributed by atoms with E-state index in [0.717, 1.165) is 31.4 Å². The Balaban J connectivity index is 1.71. The predicted molar refractivity (Wildman–Crippen MR) is 75.2 cm³/mol. The van der Waals surface area contributed by atoms with Gasteiger partial charge in [-0.15, -0.1) is 0 Å². The third kappa shape index (κ3) is 2.80. The van der Waals surface area contributed by atoms with Gasteiger partial charge in [0.25, 0.3) is 0 Å². The van der Waals surface area contributed by atoms with Gasteiger partial charge in [0.2, 0.25) is 0 Å². The lowest BCUT2D eigenvalue weighted by Crippen LogP contribution is -2.32. The Bertz CT molecular complexity index is 561. The summed E-state index contributed by atoms with van der Waals surface area (Å²) in [7, 11) is 0. The lowest BCUT2D eigenvalue weighted by atomic mass is 9.91. The largest absolute Gasteiger partial charge is 0.382 e. The van der Waals surface area contributed by atoms with E-state index in [1.807, 2.05) is 6.07 Å². The molecule has 0 spiro atoms. The standard InChI is InChI=1S/C14H18FN5/c15-13-7-12(19-11-3-1-10(16)2-4-11)5-6-14(13)20-9-17-8-18-20/h5-11,19H,1-4,16H2. The molecule has 0 aliphatic heterocycles. The van der Waals surface area contributed by atoms with Gasteiger partial charge in [-0.3, -0.25) is 0 Å². The summed E-state index contributed by atoms with van der Waals surface area (Å²) in [5.41, 5.74) is 7.08. The fourth-order valence-electron chi connectivity index (χ4n) is 2.61. The highest BCUT2D eigenvalue weighted by molar-refractivity contribution is 5.50. The quantitative estimate of drug-likeness (QED) is 0.900. The second-order valence-electron chi connectivity index (χ2n) is 5.26. The van der Waals surface area contributed by atoms with Crippen LogP contribution in [0, 0.1) is 5.82 Å². The van der Waals surface area contributed by atoms with Crippen LogP contribution in [0.2, 0.25) is 0 Å². The summed E-state index contributed by atoms with van der Waals surface area (Å²) in [5, 5.41) is 7.31. The number of rotatable bonds is 3. The normalized spacial score (nSPS) is 22.7. The third-order valence-corrected chi connectivity index (χ3v) is 3.76. The Morgan fingerprint density at radius 1 is 1.25 bits per heavy atom. The molecule has 3 rings (SSSR count). The van der Waals surface area contributed by atoms with Crippen molar-refractivity contribution in [2.45, 2.75) is 37.8 Å². The molecule has 1 aliphatic carbocycles. The molecule has 6 heteroatoms. The van der Waals surface area contributed by atoms with Crippen LogP contribution in [0.5, 0.6) is 0 Å². The SMILES string of the molecule is NC1CCC(Nc2ccc(-n3cncn3)c(F)c2)CC1. The van der Waals surface area contributed by atoms with Gasteiger partial charge in [0.1, 0.15) is 18.3 Å². The molecule has 1 aliphatic rings. The first-order valence-corrected chi connectivity index (χ1v) is 6.89. The van der Waals surface area contributed by atoms with Crippen molar-refractivity contribution in [2.24, 2.45) is 5.73 Å². The van der Waals surface area contributed by atoms with Crippen molar-refractivity contribution < 1.29 is 4.39 Å². The highest BCUT2D eigenvalue weighted by Crippen LogP contribution is 2.23. The lowest BCUT2D eigenvalue weighted by molar-refractivity contribution is 0.411. The second kappa shape index (κ2) is 5.58. The number of nitrogens with one attached hydrogen (secondary N) is 1. The van der Waals surface area contributed by atoms with Crippen LogP contribution in [-0.4, -0.2) is 26.8 Å². The molecule has 1 saturated carbocycles. The molecule has 1 heterocycles. The first kappa shape index (κ1) is 13.1. The van der Waals surface area contributed by atoms with Crippen molar-refractivity contribution in [2.75, 3.05) is 5.32 Å². The first-order chi connectivity index (χ1) is 9.72. The molecule has 1 fully saturated rings. The number of benzene rings is 1. The maximum Gasteiger partial charge on any atom is 0.150 e. The van der Waals surface area contributed by atoms with Crippen LogP contribution < -0.4 is 11.1 Å². The van der Waals surface area contributed by atoms with Gasteiger partial charge in [-0.25, -0.2) is 14.1 Å². The summed E-state index contributed by atoms with van der Waals surface area (Å²) in [5.74, 6) is -0.312. The molecule has 0 radical (unpaired) electrons. The van der Waals surface area contributed by atoms with Crippen LogP contribution in [-0.2, 0) is 0 Å². The number of nitrogens with two attached hydrogens (primary N) is 1. The minimum atomic E-state index is -0.312. The van der Waals surface area contributed by atoms with Crippen LogP contribution >= 0.6 is 0 Å². The summed E-state index contributed by atoms with van der Waals surface area (Å²) in [6.07, 6.45) is 6.99. The lowest BCUT2D eigenvalue weighted by Gasteiger charge is -2.27. The van der Waals surface area contributed by atoms with Gasteiger partial charge in [0, 0.05) is 17.8 Å². The molecular formula is C14H18FN5. The van der Waals surface area contributed by atoms with E-state index in [9.17, 15) is 4.39 Å². The maximum absolute atomic E-state index is 14.1. The van der Waals surface area contributed by atoms with Crippen LogP contribution in [0.4, 0.5) is 10.1 Å². The number of hydrogen-bond donors (Lipinski definition) is 2. The average Bonchev–Trinajstić information content (AvgIpc) is 2.95. The van der Waals surface area contributed by atoms with Gasteiger partial charge in [-0.05, 0) is 43.9 Å². The highest BCUT2D eigenvalue weighted by Gasteiger charge is 2.18. The summed E-state index contributed by atoms with van der Waals surface area (Å²) in [4.78, 5) is 3.82. The number of halogens is 1. The molecule has 106 valence electrons. The Morgan fingerprint density at radius 2 is 2.05 bits per heavy atom. The molecule has 5 nitrogen and oxygen atoms in total. The molecule has 0 atom stereocenters. The monoisotopic (exact) mass is 275 g/mol.